The first kappa shape index (κ1) is 29.0. The van der Waals surface area contributed by atoms with E-state index in [0.29, 0.717) is 27.0 Å². The maximum Gasteiger partial charge on any atom is 0.408 e. The Morgan fingerprint density at radius 3 is 2.43 bits per heavy atom. The molecule has 10 nitrogen and oxygen atoms in total. The number of rotatable bonds is 8. The predicted molar refractivity (Wildman–Crippen MR) is 142 cm³/mol. The summed E-state index contributed by atoms with van der Waals surface area (Å²) >= 11 is 0. The van der Waals surface area contributed by atoms with Gasteiger partial charge in [0.25, 0.3) is 0 Å². The molecular weight excluding hydrogens is 558 g/mol. The Labute approximate surface area is 237 Å². The molecule has 0 radical (unpaired) electrons. The SMILES string of the molecule is CC(=O)c1nn(CC(=O)N2C[C@H](F)C[C@H]2C(=O)Cc2nn(CC(F)(F)F)cc2C)c2ccc(-c3cnc(C)nc3)cc12. The molecule has 0 N–H and O–H groups in total. The van der Waals surface area contributed by atoms with Crippen molar-refractivity contribution < 1.29 is 31.9 Å². The molecule has 2 atom stereocenters. The normalized spacial score (nSPS) is 17.3. The third-order valence-corrected chi connectivity index (χ3v) is 7.16. The Kier molecular flexibility index (Phi) is 7.64. The van der Waals surface area contributed by atoms with Crippen LogP contribution in [0.4, 0.5) is 17.6 Å². The first-order valence-electron chi connectivity index (χ1n) is 13.2. The van der Waals surface area contributed by atoms with Crippen LogP contribution in [0.5, 0.6) is 0 Å². The minimum absolute atomic E-state index is 0.137. The van der Waals surface area contributed by atoms with Crippen molar-refractivity contribution in [2.24, 2.45) is 0 Å². The van der Waals surface area contributed by atoms with Gasteiger partial charge in [-0.3, -0.25) is 23.7 Å². The van der Waals surface area contributed by atoms with E-state index in [1.165, 1.54) is 24.7 Å². The summed E-state index contributed by atoms with van der Waals surface area (Å²) in [6.07, 6.45) is -2.00. The maximum absolute atomic E-state index is 14.5. The molecule has 1 aromatic carbocycles. The molecule has 4 heterocycles. The van der Waals surface area contributed by atoms with Crippen LogP contribution < -0.4 is 0 Å². The molecule has 0 saturated carbocycles. The van der Waals surface area contributed by atoms with Crippen molar-refractivity contribution in [3.63, 3.8) is 0 Å². The van der Waals surface area contributed by atoms with Gasteiger partial charge >= 0.3 is 6.18 Å². The predicted octanol–water partition coefficient (Wildman–Crippen LogP) is 3.82. The molecule has 0 spiro atoms. The Morgan fingerprint density at radius 1 is 1.05 bits per heavy atom. The molecule has 1 fully saturated rings. The Morgan fingerprint density at radius 2 is 1.76 bits per heavy atom. The van der Waals surface area contributed by atoms with E-state index >= 15 is 0 Å². The number of carbonyl (C=O) groups excluding carboxylic acids is 3. The van der Waals surface area contributed by atoms with Gasteiger partial charge < -0.3 is 4.90 Å². The molecule has 3 aromatic heterocycles. The number of ketones is 2. The zero-order valence-electron chi connectivity index (χ0n) is 23.0. The first-order chi connectivity index (χ1) is 19.8. The number of fused-ring (bicyclic) bond motifs is 1. The lowest BCUT2D eigenvalue weighted by atomic mass is 10.0. The Bertz CT molecular complexity index is 1680. The third-order valence-electron chi connectivity index (χ3n) is 7.16. The molecule has 0 aliphatic carbocycles. The van der Waals surface area contributed by atoms with Crippen LogP contribution in [0.3, 0.4) is 0 Å². The fourth-order valence-electron chi connectivity index (χ4n) is 5.15. The van der Waals surface area contributed by atoms with Gasteiger partial charge in [-0.15, -0.1) is 0 Å². The van der Waals surface area contributed by atoms with Crippen molar-refractivity contribution in [1.82, 2.24) is 34.4 Å². The number of halogens is 4. The molecule has 1 aliphatic rings. The largest absolute Gasteiger partial charge is 0.408 e. The van der Waals surface area contributed by atoms with Gasteiger partial charge in [0.2, 0.25) is 5.91 Å². The van der Waals surface area contributed by atoms with Gasteiger partial charge in [-0.1, -0.05) is 6.07 Å². The van der Waals surface area contributed by atoms with Crippen molar-refractivity contribution in [3.8, 4) is 11.1 Å². The summed E-state index contributed by atoms with van der Waals surface area (Å²) in [6, 6.07) is 4.14. The van der Waals surface area contributed by atoms with Crippen molar-refractivity contribution >= 4 is 28.4 Å². The molecule has 42 heavy (non-hydrogen) atoms. The van der Waals surface area contributed by atoms with Crippen molar-refractivity contribution in [3.05, 3.63) is 59.6 Å². The highest BCUT2D eigenvalue weighted by Crippen LogP contribution is 2.28. The molecule has 5 rings (SSSR count). The monoisotopic (exact) mass is 585 g/mol. The van der Waals surface area contributed by atoms with Crippen LogP contribution >= 0.6 is 0 Å². The number of aryl methyl sites for hydroxylation is 2. The fourth-order valence-corrected chi connectivity index (χ4v) is 5.15. The van der Waals surface area contributed by atoms with E-state index in [2.05, 4.69) is 20.2 Å². The average molecular weight is 586 g/mol. The van der Waals surface area contributed by atoms with Crippen molar-refractivity contribution in [1.29, 1.82) is 0 Å². The van der Waals surface area contributed by atoms with Gasteiger partial charge in [-0.05, 0) is 37.1 Å². The standard InChI is InChI=1S/C28H27F4N7O3/c1-15-11-37(14-28(30,31)32)35-22(15)8-25(41)24-7-20(29)12-38(24)26(42)13-39-23-5-4-18(19-9-33-17(3)34-10-19)6-21(23)27(36-39)16(2)40/h4-6,9-11,20,24H,7-8,12-14H2,1-3H3/t20-,24+/m1/s1. The van der Waals surface area contributed by atoms with Crippen LogP contribution in [0.25, 0.3) is 22.0 Å². The number of aromatic nitrogens is 6. The van der Waals surface area contributed by atoms with Crippen LogP contribution in [0.2, 0.25) is 0 Å². The average Bonchev–Trinajstić information content (AvgIpc) is 3.58. The first-order valence-corrected chi connectivity index (χ1v) is 13.2. The van der Waals surface area contributed by atoms with Crippen LogP contribution in [0, 0.1) is 13.8 Å². The van der Waals surface area contributed by atoms with Crippen LogP contribution in [0.1, 0.15) is 40.9 Å². The summed E-state index contributed by atoms with van der Waals surface area (Å²) in [6.45, 7) is 2.68. The van der Waals surface area contributed by atoms with Crippen LogP contribution in [-0.4, -0.2) is 76.8 Å². The van der Waals surface area contributed by atoms with E-state index in [1.54, 1.807) is 37.5 Å². The topological polar surface area (TPSA) is 116 Å². The second-order valence-electron chi connectivity index (χ2n) is 10.4. The zero-order valence-corrected chi connectivity index (χ0v) is 23.0. The Balaban J connectivity index is 1.37. The van der Waals surface area contributed by atoms with Crippen LogP contribution in [-0.2, 0) is 29.1 Å². The lowest BCUT2D eigenvalue weighted by molar-refractivity contribution is -0.142. The van der Waals surface area contributed by atoms with Gasteiger partial charge in [-0.25, -0.2) is 14.4 Å². The van der Waals surface area contributed by atoms with Crippen molar-refractivity contribution in [2.75, 3.05) is 6.54 Å². The van der Waals surface area contributed by atoms with Crippen LogP contribution in [0.15, 0.2) is 36.8 Å². The number of carbonyl (C=O) groups is 3. The number of likely N-dealkylation sites (tertiary alicyclic amines) is 1. The van der Waals surface area contributed by atoms with Gasteiger partial charge in [0.1, 0.15) is 30.8 Å². The van der Waals surface area contributed by atoms with E-state index < -0.39 is 36.6 Å². The summed E-state index contributed by atoms with van der Waals surface area (Å²) in [5.74, 6) is -0.815. The highest BCUT2D eigenvalue weighted by molar-refractivity contribution is 6.06. The molecule has 220 valence electrons. The molecule has 1 amide bonds. The maximum atomic E-state index is 14.5. The number of alkyl halides is 4. The number of hydrogen-bond donors (Lipinski definition) is 0. The van der Waals surface area contributed by atoms with E-state index in [1.807, 2.05) is 0 Å². The molecule has 0 unspecified atom stereocenters. The molecule has 4 aromatic rings. The van der Waals surface area contributed by atoms with E-state index in [4.69, 9.17) is 0 Å². The number of amides is 1. The molecule has 1 saturated heterocycles. The lowest BCUT2D eigenvalue weighted by Crippen LogP contribution is -2.43. The van der Waals surface area contributed by atoms with Gasteiger partial charge in [0.15, 0.2) is 11.6 Å². The van der Waals surface area contributed by atoms with Gasteiger partial charge in [-0.2, -0.15) is 23.4 Å². The van der Waals surface area contributed by atoms with E-state index in [9.17, 15) is 31.9 Å². The van der Waals surface area contributed by atoms with E-state index in [0.717, 1.165) is 16.0 Å². The molecule has 0 bridgehead atoms. The molecule has 14 heteroatoms. The Hall–Kier alpha value is -4.49. The quantitative estimate of drug-likeness (QED) is 0.228. The summed E-state index contributed by atoms with van der Waals surface area (Å²) in [5.41, 5.74) is 2.64. The minimum Gasteiger partial charge on any atom is -0.328 e. The van der Waals surface area contributed by atoms with Gasteiger partial charge in [0.05, 0.1) is 30.2 Å². The minimum atomic E-state index is -4.48. The number of hydrogen-bond acceptors (Lipinski definition) is 7. The fraction of sp³-hybridized carbons (Fsp3) is 0.393. The molecular formula is C28H27F4N7O3. The second-order valence-corrected chi connectivity index (χ2v) is 10.4. The summed E-state index contributed by atoms with van der Waals surface area (Å²) in [4.78, 5) is 48.5. The smallest absolute Gasteiger partial charge is 0.328 e. The third kappa shape index (κ3) is 6.06. The number of Topliss-reactive ketones (excluding diaryl/α,β-unsaturated/α-hetero) is 2. The second kappa shape index (κ2) is 11.1. The highest BCUT2D eigenvalue weighted by atomic mass is 19.4. The van der Waals surface area contributed by atoms with Gasteiger partial charge in [0, 0.05) is 42.9 Å². The summed E-state index contributed by atoms with van der Waals surface area (Å²) in [7, 11) is 0. The van der Waals surface area contributed by atoms with E-state index in [-0.39, 0.29) is 43.1 Å². The number of benzene rings is 1. The summed E-state index contributed by atoms with van der Waals surface area (Å²) < 4.78 is 54.9. The zero-order chi connectivity index (χ0) is 30.3. The molecule has 1 aliphatic heterocycles. The number of nitrogens with zero attached hydrogens (tertiary/aromatic N) is 7. The highest BCUT2D eigenvalue weighted by Gasteiger charge is 2.40. The summed E-state index contributed by atoms with van der Waals surface area (Å²) in [5, 5.41) is 8.74. The van der Waals surface area contributed by atoms with Crippen molar-refractivity contribution in [2.45, 2.75) is 65.1 Å². The lowest BCUT2D eigenvalue weighted by Gasteiger charge is -2.23.